The van der Waals surface area contributed by atoms with Crippen molar-refractivity contribution in [3.05, 3.63) is 65.2 Å². The van der Waals surface area contributed by atoms with Gasteiger partial charge in [0.15, 0.2) is 6.61 Å². The lowest BCUT2D eigenvalue weighted by Crippen LogP contribution is -2.33. The van der Waals surface area contributed by atoms with Crippen molar-refractivity contribution >= 4 is 17.5 Å². The molecule has 1 unspecified atom stereocenters. The lowest BCUT2D eigenvalue weighted by Gasteiger charge is -2.25. The number of amides is 1. The van der Waals surface area contributed by atoms with Crippen LogP contribution in [-0.4, -0.2) is 24.5 Å². The van der Waals surface area contributed by atoms with Crippen LogP contribution in [-0.2, 0) is 4.79 Å². The fraction of sp³-hybridized carbons (Fsp3) is 0.235. The molecule has 0 radical (unpaired) electrons. The number of benzene rings is 2. The van der Waals surface area contributed by atoms with Crippen LogP contribution in [0.1, 0.15) is 18.5 Å². The van der Waals surface area contributed by atoms with E-state index in [-0.39, 0.29) is 18.6 Å². The second-order valence-electron chi connectivity index (χ2n) is 4.81. The number of nitrogens with zero attached hydrogens (tertiary/aromatic N) is 1. The van der Waals surface area contributed by atoms with Crippen molar-refractivity contribution in [1.82, 2.24) is 4.90 Å². The predicted octanol–water partition coefficient (Wildman–Crippen LogP) is 3.94. The van der Waals surface area contributed by atoms with Gasteiger partial charge >= 0.3 is 0 Å². The van der Waals surface area contributed by atoms with Crippen LogP contribution in [0, 0.1) is 0 Å². The van der Waals surface area contributed by atoms with Crippen molar-refractivity contribution < 1.29 is 9.53 Å². The highest BCUT2D eigenvalue weighted by Gasteiger charge is 2.17. The summed E-state index contributed by atoms with van der Waals surface area (Å²) < 4.78 is 5.48. The van der Waals surface area contributed by atoms with Gasteiger partial charge in [0.25, 0.3) is 5.91 Å². The highest BCUT2D eigenvalue weighted by molar-refractivity contribution is 6.32. The average molecular weight is 304 g/mol. The molecule has 0 saturated heterocycles. The molecule has 0 spiro atoms. The summed E-state index contributed by atoms with van der Waals surface area (Å²) in [7, 11) is 1.77. The summed E-state index contributed by atoms with van der Waals surface area (Å²) in [6, 6.07) is 17.0. The van der Waals surface area contributed by atoms with Gasteiger partial charge in [-0.2, -0.15) is 0 Å². The smallest absolute Gasteiger partial charge is 0.260 e. The van der Waals surface area contributed by atoms with E-state index in [4.69, 9.17) is 16.3 Å². The zero-order valence-corrected chi connectivity index (χ0v) is 12.9. The number of hydrogen-bond donors (Lipinski definition) is 0. The minimum Gasteiger partial charge on any atom is -0.482 e. The Bertz CT molecular complexity index is 601. The molecule has 0 aliphatic carbocycles. The molecule has 1 amide bonds. The molecule has 3 nitrogen and oxygen atoms in total. The van der Waals surface area contributed by atoms with E-state index in [0.717, 1.165) is 5.56 Å². The monoisotopic (exact) mass is 303 g/mol. The first kappa shape index (κ1) is 15.4. The van der Waals surface area contributed by atoms with Gasteiger partial charge in [-0.3, -0.25) is 4.79 Å². The van der Waals surface area contributed by atoms with Gasteiger partial charge in [-0.05, 0) is 24.6 Å². The molecule has 0 N–H and O–H groups in total. The number of hydrogen-bond acceptors (Lipinski definition) is 2. The van der Waals surface area contributed by atoms with Gasteiger partial charge in [-0.25, -0.2) is 0 Å². The minimum atomic E-state index is -0.0914. The molecule has 0 aromatic heterocycles. The number of likely N-dealkylation sites (N-methyl/N-ethyl adjacent to an activating group) is 1. The van der Waals surface area contributed by atoms with Crippen LogP contribution in [0.15, 0.2) is 54.6 Å². The molecule has 2 aromatic rings. The number of carbonyl (C=O) groups excluding carboxylic acids is 1. The standard InChI is InChI=1S/C17H18ClNO2/c1-13(14-8-4-3-5-9-14)19(2)17(20)12-21-16-11-7-6-10-15(16)18/h3-11,13H,12H2,1-2H3. The molecule has 0 aliphatic heterocycles. The van der Waals surface area contributed by atoms with Crippen LogP contribution in [0.5, 0.6) is 5.75 Å². The number of ether oxygens (including phenoxy) is 1. The molecule has 0 bridgehead atoms. The maximum atomic E-state index is 12.2. The zero-order valence-electron chi connectivity index (χ0n) is 12.1. The molecular formula is C17H18ClNO2. The Morgan fingerprint density at radius 2 is 1.76 bits per heavy atom. The van der Waals surface area contributed by atoms with Gasteiger partial charge in [0, 0.05) is 7.05 Å². The zero-order chi connectivity index (χ0) is 15.2. The number of halogens is 1. The summed E-state index contributed by atoms with van der Waals surface area (Å²) in [5, 5.41) is 0.504. The quantitative estimate of drug-likeness (QED) is 0.837. The van der Waals surface area contributed by atoms with E-state index in [1.807, 2.05) is 49.4 Å². The highest BCUT2D eigenvalue weighted by atomic mass is 35.5. The third-order valence-corrected chi connectivity index (χ3v) is 3.76. The molecule has 110 valence electrons. The molecule has 0 aliphatic rings. The van der Waals surface area contributed by atoms with E-state index in [0.29, 0.717) is 10.8 Å². The van der Waals surface area contributed by atoms with Crippen molar-refractivity contribution in [3.63, 3.8) is 0 Å². The molecule has 0 fully saturated rings. The Morgan fingerprint density at radius 1 is 1.14 bits per heavy atom. The minimum absolute atomic E-state index is 0.00598. The van der Waals surface area contributed by atoms with E-state index in [1.165, 1.54) is 0 Å². The van der Waals surface area contributed by atoms with Crippen molar-refractivity contribution in [2.45, 2.75) is 13.0 Å². The Morgan fingerprint density at radius 3 is 2.43 bits per heavy atom. The fourth-order valence-corrected chi connectivity index (χ4v) is 2.16. The van der Waals surface area contributed by atoms with Crippen LogP contribution in [0.2, 0.25) is 5.02 Å². The average Bonchev–Trinajstić information content (AvgIpc) is 2.53. The lowest BCUT2D eigenvalue weighted by atomic mass is 10.1. The molecule has 0 heterocycles. The maximum absolute atomic E-state index is 12.2. The molecule has 4 heteroatoms. The van der Waals surface area contributed by atoms with Crippen LogP contribution >= 0.6 is 11.6 Å². The van der Waals surface area contributed by atoms with Crippen LogP contribution in [0.3, 0.4) is 0 Å². The molecular weight excluding hydrogens is 286 g/mol. The molecule has 21 heavy (non-hydrogen) atoms. The van der Waals surface area contributed by atoms with E-state index < -0.39 is 0 Å². The van der Waals surface area contributed by atoms with Crippen LogP contribution in [0.25, 0.3) is 0 Å². The predicted molar refractivity (Wildman–Crippen MR) is 84.6 cm³/mol. The van der Waals surface area contributed by atoms with E-state index in [2.05, 4.69) is 0 Å². The van der Waals surface area contributed by atoms with E-state index in [9.17, 15) is 4.79 Å². The SMILES string of the molecule is CC(c1ccccc1)N(C)C(=O)COc1ccccc1Cl. The van der Waals surface area contributed by atoms with Crippen LogP contribution in [0.4, 0.5) is 0 Å². The topological polar surface area (TPSA) is 29.5 Å². The van der Waals surface area contributed by atoms with Gasteiger partial charge in [0.2, 0.25) is 0 Å². The second-order valence-corrected chi connectivity index (χ2v) is 5.22. The summed E-state index contributed by atoms with van der Waals surface area (Å²) in [6.45, 7) is 1.96. The molecule has 2 aromatic carbocycles. The van der Waals surface area contributed by atoms with Gasteiger partial charge in [0.1, 0.15) is 5.75 Å². The van der Waals surface area contributed by atoms with Crippen LogP contribution < -0.4 is 4.74 Å². The number of carbonyl (C=O) groups is 1. The fourth-order valence-electron chi connectivity index (χ4n) is 1.97. The van der Waals surface area contributed by atoms with Gasteiger partial charge in [-0.1, -0.05) is 54.1 Å². The second kappa shape index (κ2) is 7.14. The van der Waals surface area contributed by atoms with Gasteiger partial charge in [0.05, 0.1) is 11.1 Å². The van der Waals surface area contributed by atoms with Gasteiger partial charge < -0.3 is 9.64 Å². The number of para-hydroxylation sites is 1. The largest absolute Gasteiger partial charge is 0.482 e. The summed E-state index contributed by atoms with van der Waals surface area (Å²) in [5.41, 5.74) is 1.09. The Labute approximate surface area is 130 Å². The first-order chi connectivity index (χ1) is 10.1. The summed E-state index contributed by atoms with van der Waals surface area (Å²) in [5.74, 6) is 0.430. The Kier molecular flexibility index (Phi) is 5.23. The third-order valence-electron chi connectivity index (χ3n) is 3.44. The Balaban J connectivity index is 1.95. The maximum Gasteiger partial charge on any atom is 0.260 e. The lowest BCUT2D eigenvalue weighted by molar-refractivity contribution is -0.134. The molecule has 1 atom stereocenters. The third kappa shape index (κ3) is 3.99. The number of rotatable bonds is 5. The normalized spacial score (nSPS) is 11.8. The van der Waals surface area contributed by atoms with E-state index >= 15 is 0 Å². The highest BCUT2D eigenvalue weighted by Crippen LogP contribution is 2.23. The first-order valence-corrected chi connectivity index (χ1v) is 7.15. The molecule has 2 rings (SSSR count). The first-order valence-electron chi connectivity index (χ1n) is 6.77. The molecule has 0 saturated carbocycles. The van der Waals surface area contributed by atoms with Crippen molar-refractivity contribution in [2.75, 3.05) is 13.7 Å². The van der Waals surface area contributed by atoms with E-state index in [1.54, 1.807) is 24.1 Å². The summed E-state index contributed by atoms with van der Waals surface area (Å²) in [4.78, 5) is 13.9. The van der Waals surface area contributed by atoms with Crippen molar-refractivity contribution in [1.29, 1.82) is 0 Å². The summed E-state index contributed by atoms with van der Waals surface area (Å²) in [6.07, 6.45) is 0. The van der Waals surface area contributed by atoms with Crippen molar-refractivity contribution in [2.24, 2.45) is 0 Å². The van der Waals surface area contributed by atoms with Gasteiger partial charge in [-0.15, -0.1) is 0 Å². The van der Waals surface area contributed by atoms with Crippen molar-refractivity contribution in [3.8, 4) is 5.75 Å². The Hall–Kier alpha value is -2.00. The summed E-state index contributed by atoms with van der Waals surface area (Å²) >= 11 is 6.00.